The molecular formula is C10H18N4. The summed E-state index contributed by atoms with van der Waals surface area (Å²) in [6.07, 6.45) is 5.85. The first-order valence-electron chi connectivity index (χ1n) is 5.36. The van der Waals surface area contributed by atoms with Crippen molar-refractivity contribution in [1.82, 2.24) is 9.66 Å². The Kier molecular flexibility index (Phi) is 2.35. The van der Waals surface area contributed by atoms with E-state index in [1.54, 1.807) is 4.68 Å². The summed E-state index contributed by atoms with van der Waals surface area (Å²) < 4.78 is 1.58. The van der Waals surface area contributed by atoms with Crippen LogP contribution in [-0.2, 0) is 6.42 Å². The molecule has 2 rings (SSSR count). The van der Waals surface area contributed by atoms with Crippen LogP contribution in [0.15, 0.2) is 0 Å². The highest BCUT2D eigenvalue weighted by Gasteiger charge is 2.23. The van der Waals surface area contributed by atoms with E-state index < -0.39 is 0 Å². The minimum absolute atomic E-state index is 0.530. The van der Waals surface area contributed by atoms with E-state index >= 15 is 0 Å². The first-order chi connectivity index (χ1) is 6.74. The molecule has 0 bridgehead atoms. The summed E-state index contributed by atoms with van der Waals surface area (Å²) >= 11 is 0. The van der Waals surface area contributed by atoms with E-state index in [0.717, 1.165) is 17.9 Å². The number of rotatable bonds is 2. The quantitative estimate of drug-likeness (QED) is 0.699. The fourth-order valence-corrected chi connectivity index (χ4v) is 2.24. The van der Waals surface area contributed by atoms with Crippen molar-refractivity contribution in [1.29, 1.82) is 0 Å². The van der Waals surface area contributed by atoms with Crippen LogP contribution in [0, 0.1) is 0 Å². The van der Waals surface area contributed by atoms with Gasteiger partial charge < -0.3 is 11.6 Å². The number of nitrogens with zero attached hydrogens (tertiary/aromatic N) is 2. The average Bonchev–Trinajstić information content (AvgIpc) is 2.78. The molecule has 1 aromatic rings. The largest absolute Gasteiger partial charge is 0.382 e. The number of nitrogens with two attached hydrogens (primary N) is 2. The van der Waals surface area contributed by atoms with Crippen molar-refractivity contribution in [3.63, 3.8) is 0 Å². The van der Waals surface area contributed by atoms with Crippen molar-refractivity contribution in [2.24, 2.45) is 0 Å². The average molecular weight is 194 g/mol. The molecule has 78 valence electrons. The lowest BCUT2D eigenvalue weighted by Crippen LogP contribution is -2.17. The lowest BCUT2D eigenvalue weighted by Gasteiger charge is -2.08. The predicted octanol–water partition coefficient (Wildman–Crippen LogP) is 1.40. The van der Waals surface area contributed by atoms with Crippen molar-refractivity contribution < 1.29 is 0 Å². The van der Waals surface area contributed by atoms with E-state index in [9.17, 15) is 0 Å². The molecule has 1 aromatic heterocycles. The molecule has 4 N–H and O–H groups in total. The molecule has 0 amide bonds. The number of imidazole rings is 1. The third kappa shape index (κ3) is 1.35. The zero-order valence-corrected chi connectivity index (χ0v) is 8.66. The first-order valence-corrected chi connectivity index (χ1v) is 5.36. The summed E-state index contributed by atoms with van der Waals surface area (Å²) in [5.74, 6) is 8.04. The fraction of sp³-hybridized carbons (Fsp3) is 0.700. The second kappa shape index (κ2) is 3.52. The van der Waals surface area contributed by atoms with Crippen molar-refractivity contribution in [3.8, 4) is 0 Å². The molecule has 4 nitrogen and oxygen atoms in total. The summed E-state index contributed by atoms with van der Waals surface area (Å²) in [5.41, 5.74) is 6.80. The van der Waals surface area contributed by atoms with E-state index in [0.29, 0.717) is 11.7 Å². The zero-order valence-electron chi connectivity index (χ0n) is 8.66. The Morgan fingerprint density at radius 1 is 1.43 bits per heavy atom. The van der Waals surface area contributed by atoms with Gasteiger partial charge in [0.25, 0.3) is 0 Å². The highest BCUT2D eigenvalue weighted by atomic mass is 15.4. The minimum atomic E-state index is 0.530. The number of hydrogen-bond donors (Lipinski definition) is 2. The maximum absolute atomic E-state index is 5.89. The van der Waals surface area contributed by atoms with Crippen LogP contribution in [0.5, 0.6) is 0 Å². The second-order valence-corrected chi connectivity index (χ2v) is 4.01. The maximum atomic E-state index is 5.89. The van der Waals surface area contributed by atoms with Gasteiger partial charge in [-0.05, 0) is 19.3 Å². The molecule has 4 heteroatoms. The number of aryl methyl sites for hydroxylation is 1. The van der Waals surface area contributed by atoms with Gasteiger partial charge in [-0.25, -0.2) is 9.66 Å². The van der Waals surface area contributed by atoms with E-state index in [4.69, 9.17) is 11.6 Å². The Morgan fingerprint density at radius 2 is 2.07 bits per heavy atom. The smallest absolute Gasteiger partial charge is 0.145 e. The van der Waals surface area contributed by atoms with Crippen LogP contribution in [0.1, 0.15) is 50.0 Å². The second-order valence-electron chi connectivity index (χ2n) is 4.01. The van der Waals surface area contributed by atoms with Gasteiger partial charge in [0.15, 0.2) is 0 Å². The summed E-state index contributed by atoms with van der Waals surface area (Å²) in [7, 11) is 0. The topological polar surface area (TPSA) is 69.9 Å². The summed E-state index contributed by atoms with van der Waals surface area (Å²) in [4.78, 5) is 4.52. The van der Waals surface area contributed by atoms with Gasteiger partial charge in [-0.1, -0.05) is 19.8 Å². The molecule has 1 aliphatic carbocycles. The molecule has 0 unspecified atom stereocenters. The van der Waals surface area contributed by atoms with Crippen LogP contribution >= 0.6 is 0 Å². The molecule has 1 heterocycles. The van der Waals surface area contributed by atoms with Gasteiger partial charge in [-0.15, -0.1) is 0 Å². The molecule has 0 atom stereocenters. The highest BCUT2D eigenvalue weighted by Crippen LogP contribution is 2.34. The number of aromatic nitrogens is 2. The first kappa shape index (κ1) is 9.37. The maximum Gasteiger partial charge on any atom is 0.145 e. The molecule has 1 saturated carbocycles. The van der Waals surface area contributed by atoms with Crippen LogP contribution in [0.2, 0.25) is 0 Å². The third-order valence-electron chi connectivity index (χ3n) is 3.11. The lowest BCUT2D eigenvalue weighted by molar-refractivity contribution is 0.646. The Morgan fingerprint density at radius 3 is 2.57 bits per heavy atom. The highest BCUT2D eigenvalue weighted by molar-refractivity contribution is 5.39. The van der Waals surface area contributed by atoms with Gasteiger partial charge in [-0.3, -0.25) is 0 Å². The van der Waals surface area contributed by atoms with Gasteiger partial charge >= 0.3 is 0 Å². The van der Waals surface area contributed by atoms with Crippen LogP contribution in [0.25, 0.3) is 0 Å². The van der Waals surface area contributed by atoms with Crippen LogP contribution in [-0.4, -0.2) is 9.66 Å². The van der Waals surface area contributed by atoms with Gasteiger partial charge in [0.2, 0.25) is 0 Å². The van der Waals surface area contributed by atoms with Gasteiger partial charge in [0.1, 0.15) is 11.6 Å². The molecular weight excluding hydrogens is 176 g/mol. The number of hydrogen-bond acceptors (Lipinski definition) is 3. The predicted molar refractivity (Wildman–Crippen MR) is 57.4 cm³/mol. The SMILES string of the molecule is CCc1nc(C2CCCC2)n(N)c1N. The third-order valence-corrected chi connectivity index (χ3v) is 3.11. The van der Waals surface area contributed by atoms with E-state index in [1.165, 1.54) is 25.7 Å². The lowest BCUT2D eigenvalue weighted by atomic mass is 10.1. The molecule has 0 radical (unpaired) electrons. The van der Waals surface area contributed by atoms with Crippen molar-refractivity contribution in [2.45, 2.75) is 44.9 Å². The molecule has 0 aliphatic heterocycles. The molecule has 1 aliphatic rings. The monoisotopic (exact) mass is 194 g/mol. The Hall–Kier alpha value is -1.19. The number of anilines is 1. The summed E-state index contributed by atoms with van der Waals surface area (Å²) in [5, 5.41) is 0. The van der Waals surface area contributed by atoms with E-state index in [-0.39, 0.29) is 0 Å². The molecule has 14 heavy (non-hydrogen) atoms. The Labute approximate surface area is 84.3 Å². The minimum Gasteiger partial charge on any atom is -0.382 e. The molecule has 1 fully saturated rings. The van der Waals surface area contributed by atoms with Gasteiger partial charge in [0, 0.05) is 5.92 Å². The van der Waals surface area contributed by atoms with Crippen LogP contribution in [0.3, 0.4) is 0 Å². The van der Waals surface area contributed by atoms with Crippen molar-refractivity contribution in [2.75, 3.05) is 11.6 Å². The standard InChI is InChI=1S/C10H18N4/c1-2-8-9(11)14(12)10(13-8)7-5-3-4-6-7/h7H,2-6,11-12H2,1H3. The normalized spacial score (nSPS) is 17.8. The van der Waals surface area contributed by atoms with E-state index in [2.05, 4.69) is 11.9 Å². The van der Waals surface area contributed by atoms with Crippen LogP contribution < -0.4 is 11.6 Å². The van der Waals surface area contributed by atoms with Gasteiger partial charge in [-0.2, -0.15) is 0 Å². The van der Waals surface area contributed by atoms with Gasteiger partial charge in [0.05, 0.1) is 5.69 Å². The molecule has 0 spiro atoms. The summed E-state index contributed by atoms with van der Waals surface area (Å²) in [6, 6.07) is 0. The zero-order chi connectivity index (χ0) is 10.1. The Bertz CT molecular complexity index is 323. The van der Waals surface area contributed by atoms with Crippen molar-refractivity contribution in [3.05, 3.63) is 11.5 Å². The fourth-order valence-electron chi connectivity index (χ4n) is 2.24. The van der Waals surface area contributed by atoms with Crippen LogP contribution in [0.4, 0.5) is 5.82 Å². The number of nitrogen functional groups attached to an aromatic ring is 2. The molecule has 0 saturated heterocycles. The van der Waals surface area contributed by atoms with Crippen molar-refractivity contribution >= 4 is 5.82 Å². The molecule has 0 aromatic carbocycles. The Balaban J connectivity index is 2.32. The summed E-state index contributed by atoms with van der Waals surface area (Å²) in [6.45, 7) is 2.05. The van der Waals surface area contributed by atoms with E-state index in [1.807, 2.05) is 0 Å².